The zero-order valence-corrected chi connectivity index (χ0v) is 16.8. The Kier molecular flexibility index (Phi) is 7.88. The predicted octanol–water partition coefficient (Wildman–Crippen LogP) is 4.46. The molecule has 1 aliphatic rings. The van der Waals surface area contributed by atoms with E-state index in [0.717, 1.165) is 17.8 Å². The van der Waals surface area contributed by atoms with Gasteiger partial charge in [-0.2, -0.15) is 12.2 Å². The van der Waals surface area contributed by atoms with Crippen LogP contribution in [0, 0.1) is 11.9 Å². The van der Waals surface area contributed by atoms with Gasteiger partial charge in [-0.3, -0.25) is 0 Å². The Morgan fingerprint density at radius 1 is 1.41 bits per heavy atom. The van der Waals surface area contributed by atoms with Crippen molar-refractivity contribution in [3.8, 4) is 5.75 Å². The van der Waals surface area contributed by atoms with Crippen LogP contribution in [-0.4, -0.2) is 23.6 Å². The van der Waals surface area contributed by atoms with Crippen molar-refractivity contribution in [1.82, 2.24) is 4.90 Å². The SMILES string of the molecule is C=C1C(C)=C[C-]=C(c2ccc(OCSC)cc2F)N1CC.[Y]. The summed E-state index contributed by atoms with van der Waals surface area (Å²) in [5.41, 5.74) is 3.15. The molecule has 0 spiro atoms. The quantitative estimate of drug-likeness (QED) is 0.541. The van der Waals surface area contributed by atoms with Gasteiger partial charge in [-0.25, -0.2) is 4.39 Å². The molecule has 2 rings (SSSR count). The van der Waals surface area contributed by atoms with Gasteiger partial charge in [-0.1, -0.05) is 24.8 Å². The van der Waals surface area contributed by atoms with E-state index in [2.05, 4.69) is 12.7 Å². The van der Waals surface area contributed by atoms with Crippen molar-refractivity contribution < 1.29 is 41.8 Å². The summed E-state index contributed by atoms with van der Waals surface area (Å²) in [6, 6.07) is 4.94. The van der Waals surface area contributed by atoms with Crippen molar-refractivity contribution in [2.45, 2.75) is 13.8 Å². The van der Waals surface area contributed by atoms with Crippen molar-refractivity contribution in [3.63, 3.8) is 0 Å². The number of ether oxygens (including phenoxy) is 1. The maximum atomic E-state index is 14.4. The molecule has 2 nitrogen and oxygen atoms in total. The van der Waals surface area contributed by atoms with Crippen LogP contribution in [0.3, 0.4) is 0 Å². The van der Waals surface area contributed by atoms with E-state index in [1.54, 1.807) is 23.9 Å². The summed E-state index contributed by atoms with van der Waals surface area (Å²) in [4.78, 5) is 1.97. The van der Waals surface area contributed by atoms with Gasteiger partial charge in [0.1, 0.15) is 11.7 Å². The second kappa shape index (κ2) is 8.90. The fraction of sp³-hybridized carbons (Fsp3) is 0.294. The third kappa shape index (κ3) is 4.24. The van der Waals surface area contributed by atoms with Gasteiger partial charge in [0.25, 0.3) is 0 Å². The minimum atomic E-state index is -0.310. The van der Waals surface area contributed by atoms with Crippen molar-refractivity contribution in [2.75, 3.05) is 18.7 Å². The number of thioether (sulfide) groups is 1. The number of halogens is 1. The molecule has 1 radical (unpaired) electrons. The molecule has 0 fully saturated rings. The molecule has 1 aromatic carbocycles. The first kappa shape index (κ1) is 19.5. The normalized spacial score (nSPS) is 14.2. The summed E-state index contributed by atoms with van der Waals surface area (Å²) in [6.07, 6.45) is 6.94. The van der Waals surface area contributed by atoms with E-state index in [-0.39, 0.29) is 38.5 Å². The number of rotatable bonds is 5. The fourth-order valence-electron chi connectivity index (χ4n) is 2.16. The largest absolute Gasteiger partial charge is 0.483 e. The summed E-state index contributed by atoms with van der Waals surface area (Å²) in [5.74, 6) is 0.735. The average molecular weight is 393 g/mol. The maximum Gasteiger partial charge on any atom is 0.133 e. The second-order valence-electron chi connectivity index (χ2n) is 4.70. The number of hydrogen-bond donors (Lipinski definition) is 0. The topological polar surface area (TPSA) is 12.5 Å². The molecule has 0 N–H and O–H groups in total. The van der Waals surface area contributed by atoms with E-state index in [1.165, 1.54) is 6.07 Å². The standard InChI is InChI=1S/C17H19FNOS.Y/c1-5-19-13(3)12(2)6-9-17(19)15-8-7-14(10-16(15)18)20-11-21-4;/h6-8,10H,3,5,11H2,1-2,4H3;/q-1;. The summed E-state index contributed by atoms with van der Waals surface area (Å²) < 4.78 is 19.8. The minimum Gasteiger partial charge on any atom is -0.483 e. The van der Waals surface area contributed by atoms with Crippen molar-refractivity contribution in [2.24, 2.45) is 0 Å². The van der Waals surface area contributed by atoms with Gasteiger partial charge >= 0.3 is 0 Å². The number of nitrogens with zero attached hydrogens (tertiary/aromatic N) is 1. The predicted molar refractivity (Wildman–Crippen MR) is 87.3 cm³/mol. The first-order valence-corrected chi connectivity index (χ1v) is 8.16. The van der Waals surface area contributed by atoms with Crippen LogP contribution in [0.2, 0.25) is 0 Å². The molecule has 0 amide bonds. The van der Waals surface area contributed by atoms with E-state index in [0.29, 0.717) is 22.9 Å². The van der Waals surface area contributed by atoms with Gasteiger partial charge in [0, 0.05) is 45.3 Å². The van der Waals surface area contributed by atoms with Crippen LogP contribution in [0.5, 0.6) is 5.75 Å². The van der Waals surface area contributed by atoms with E-state index < -0.39 is 0 Å². The van der Waals surface area contributed by atoms with Crippen LogP contribution >= 0.6 is 11.8 Å². The molecule has 0 saturated carbocycles. The van der Waals surface area contributed by atoms with Crippen LogP contribution in [0.15, 0.2) is 42.1 Å². The minimum absolute atomic E-state index is 0. The van der Waals surface area contributed by atoms with Crippen LogP contribution in [-0.2, 0) is 32.7 Å². The van der Waals surface area contributed by atoms with Gasteiger partial charge in [0.05, 0.1) is 5.82 Å². The second-order valence-corrected chi connectivity index (χ2v) is 5.52. The number of benzene rings is 1. The van der Waals surface area contributed by atoms with Crippen molar-refractivity contribution in [1.29, 1.82) is 0 Å². The molecule has 22 heavy (non-hydrogen) atoms. The summed E-state index contributed by atoms with van der Waals surface area (Å²) in [7, 11) is 0. The average Bonchev–Trinajstić information content (AvgIpc) is 2.48. The summed E-state index contributed by atoms with van der Waals surface area (Å²) in [5, 5.41) is 0. The molecule has 1 aromatic rings. The van der Waals surface area contributed by atoms with Gasteiger partial charge in [-0.05, 0) is 24.9 Å². The summed E-state index contributed by atoms with van der Waals surface area (Å²) >= 11 is 1.55. The van der Waals surface area contributed by atoms with Gasteiger partial charge in [0.15, 0.2) is 0 Å². The first-order valence-electron chi connectivity index (χ1n) is 6.77. The first-order chi connectivity index (χ1) is 10.1. The van der Waals surface area contributed by atoms with Crippen molar-refractivity contribution in [3.05, 3.63) is 59.6 Å². The van der Waals surface area contributed by atoms with Gasteiger partial charge in [0.2, 0.25) is 0 Å². The molecule has 0 aromatic heterocycles. The zero-order chi connectivity index (χ0) is 15.4. The van der Waals surface area contributed by atoms with Gasteiger partial charge < -0.3 is 9.64 Å². The van der Waals surface area contributed by atoms with Crippen LogP contribution in [0.4, 0.5) is 4.39 Å². The molecular formula is C17H19FNOSY-. The Balaban J connectivity index is 0.00000242. The van der Waals surface area contributed by atoms with E-state index in [1.807, 2.05) is 31.1 Å². The fourth-order valence-corrected chi connectivity index (χ4v) is 2.42. The third-order valence-electron chi connectivity index (χ3n) is 3.33. The molecule has 0 aliphatic carbocycles. The Bertz CT molecular complexity index is 613. The van der Waals surface area contributed by atoms with E-state index in [4.69, 9.17) is 4.74 Å². The Labute approximate surface area is 161 Å². The molecule has 0 saturated heterocycles. The van der Waals surface area contributed by atoms with E-state index in [9.17, 15) is 4.39 Å². The molecule has 5 heteroatoms. The molecule has 0 unspecified atom stereocenters. The van der Waals surface area contributed by atoms with Crippen LogP contribution in [0.25, 0.3) is 5.70 Å². The number of allylic oxidation sites excluding steroid dienone is 3. The van der Waals surface area contributed by atoms with Gasteiger partial charge in [-0.15, -0.1) is 23.4 Å². The third-order valence-corrected chi connectivity index (χ3v) is 3.69. The number of hydrogen-bond acceptors (Lipinski definition) is 3. The summed E-state index contributed by atoms with van der Waals surface area (Å²) in [6.45, 7) is 8.77. The Hall–Kier alpha value is -0.576. The van der Waals surface area contributed by atoms with Crippen LogP contribution in [0.1, 0.15) is 19.4 Å². The molecule has 1 heterocycles. The van der Waals surface area contributed by atoms with Crippen LogP contribution < -0.4 is 4.74 Å². The molecule has 0 atom stereocenters. The molecule has 1 aliphatic heterocycles. The van der Waals surface area contributed by atoms with E-state index >= 15 is 0 Å². The molecule has 115 valence electrons. The monoisotopic (exact) mass is 393 g/mol. The van der Waals surface area contributed by atoms with Crippen molar-refractivity contribution >= 4 is 17.5 Å². The molecule has 0 bridgehead atoms. The maximum absolute atomic E-state index is 14.4. The Morgan fingerprint density at radius 3 is 2.73 bits per heavy atom. The zero-order valence-electron chi connectivity index (χ0n) is 13.1. The molecular weight excluding hydrogens is 374 g/mol. The Morgan fingerprint density at radius 2 is 2.14 bits per heavy atom. The number of likely N-dealkylation sites (N-methyl/N-ethyl adjacent to an activating group) is 1. The smallest absolute Gasteiger partial charge is 0.133 e.